The van der Waals surface area contributed by atoms with E-state index in [1.807, 2.05) is 25.1 Å². The molecule has 3 rings (SSSR count). The van der Waals surface area contributed by atoms with Crippen LogP contribution in [-0.4, -0.2) is 46.3 Å². The minimum atomic E-state index is 0.803. The van der Waals surface area contributed by atoms with Crippen LogP contribution in [0.2, 0.25) is 0 Å². The topological polar surface area (TPSA) is 58.0 Å². The van der Waals surface area contributed by atoms with Crippen molar-refractivity contribution in [2.45, 2.75) is 6.92 Å². The van der Waals surface area contributed by atoms with Gasteiger partial charge in [0.2, 0.25) is 5.95 Å². The fourth-order valence-electron chi connectivity index (χ4n) is 2.15. The summed E-state index contributed by atoms with van der Waals surface area (Å²) >= 11 is 0. The van der Waals surface area contributed by atoms with E-state index in [-0.39, 0.29) is 0 Å². The molecule has 6 heteroatoms. The van der Waals surface area contributed by atoms with Gasteiger partial charge in [0, 0.05) is 38.6 Å². The summed E-state index contributed by atoms with van der Waals surface area (Å²) in [5.41, 5.74) is 0.945. The summed E-state index contributed by atoms with van der Waals surface area (Å²) in [4.78, 5) is 13.0. The maximum absolute atomic E-state index is 4.28. The molecule has 98 valence electrons. The van der Waals surface area contributed by atoms with E-state index in [9.17, 15) is 0 Å². The highest BCUT2D eigenvalue weighted by Crippen LogP contribution is 2.15. The third-order valence-electron chi connectivity index (χ3n) is 3.22. The van der Waals surface area contributed by atoms with Crippen molar-refractivity contribution in [1.29, 1.82) is 0 Å². The fourth-order valence-corrected chi connectivity index (χ4v) is 2.15. The van der Waals surface area contributed by atoms with Crippen LogP contribution in [0, 0.1) is 6.92 Å². The highest BCUT2D eigenvalue weighted by molar-refractivity contribution is 5.41. The maximum atomic E-state index is 4.28. The van der Waals surface area contributed by atoms with Gasteiger partial charge in [-0.15, -0.1) is 5.10 Å². The zero-order chi connectivity index (χ0) is 13.1. The SMILES string of the molecule is Cc1ccc(N2CCN(c3ncccn3)CC2)nn1. The standard InChI is InChI=1S/C13H16N6/c1-11-3-4-12(17-16-11)18-7-9-19(10-8-18)13-14-5-2-6-15-13/h2-6H,7-10H2,1H3. The lowest BCUT2D eigenvalue weighted by Crippen LogP contribution is -2.47. The van der Waals surface area contributed by atoms with Crippen LogP contribution in [0.4, 0.5) is 11.8 Å². The first-order valence-electron chi connectivity index (χ1n) is 6.40. The molecule has 2 aromatic heterocycles. The monoisotopic (exact) mass is 256 g/mol. The Hall–Kier alpha value is -2.24. The van der Waals surface area contributed by atoms with E-state index in [0.29, 0.717) is 0 Å². The van der Waals surface area contributed by atoms with Gasteiger partial charge in [-0.1, -0.05) is 0 Å². The molecule has 0 aromatic carbocycles. The van der Waals surface area contributed by atoms with E-state index in [1.54, 1.807) is 12.4 Å². The number of aryl methyl sites for hydroxylation is 1. The van der Waals surface area contributed by atoms with Crippen LogP contribution in [-0.2, 0) is 0 Å². The molecular weight excluding hydrogens is 240 g/mol. The lowest BCUT2D eigenvalue weighted by atomic mass is 10.3. The molecule has 19 heavy (non-hydrogen) atoms. The Morgan fingerprint density at radius 2 is 1.58 bits per heavy atom. The molecule has 6 nitrogen and oxygen atoms in total. The predicted octanol–water partition coefficient (Wildman–Crippen LogP) is 0.902. The van der Waals surface area contributed by atoms with Gasteiger partial charge in [-0.25, -0.2) is 9.97 Å². The molecule has 3 heterocycles. The summed E-state index contributed by atoms with van der Waals surface area (Å²) in [5.74, 6) is 1.75. The molecule has 2 aromatic rings. The second-order valence-corrected chi connectivity index (χ2v) is 4.56. The molecule has 0 bridgehead atoms. The summed E-state index contributed by atoms with van der Waals surface area (Å²) in [5, 5.41) is 8.33. The summed E-state index contributed by atoms with van der Waals surface area (Å²) in [6.45, 7) is 5.58. The minimum Gasteiger partial charge on any atom is -0.352 e. The molecule has 0 radical (unpaired) electrons. The number of hydrogen-bond donors (Lipinski definition) is 0. The molecule has 0 spiro atoms. The van der Waals surface area contributed by atoms with Gasteiger partial charge in [-0.05, 0) is 25.1 Å². The molecule has 1 aliphatic heterocycles. The normalized spacial score (nSPS) is 15.6. The Balaban J connectivity index is 1.65. The lowest BCUT2D eigenvalue weighted by Gasteiger charge is -2.35. The molecule has 1 saturated heterocycles. The largest absolute Gasteiger partial charge is 0.352 e. The Morgan fingerprint density at radius 3 is 2.21 bits per heavy atom. The Morgan fingerprint density at radius 1 is 0.895 bits per heavy atom. The Bertz CT molecular complexity index is 519. The van der Waals surface area contributed by atoms with Crippen LogP contribution < -0.4 is 9.80 Å². The zero-order valence-corrected chi connectivity index (χ0v) is 10.9. The third kappa shape index (κ3) is 2.62. The van der Waals surface area contributed by atoms with E-state index in [4.69, 9.17) is 0 Å². The van der Waals surface area contributed by atoms with Crippen LogP contribution in [0.5, 0.6) is 0 Å². The van der Waals surface area contributed by atoms with Gasteiger partial charge in [-0.3, -0.25) is 0 Å². The number of aromatic nitrogens is 4. The first-order chi connectivity index (χ1) is 9.33. The van der Waals surface area contributed by atoms with E-state index < -0.39 is 0 Å². The van der Waals surface area contributed by atoms with Crippen molar-refractivity contribution in [2.75, 3.05) is 36.0 Å². The van der Waals surface area contributed by atoms with E-state index in [0.717, 1.165) is 43.6 Å². The predicted molar refractivity (Wildman–Crippen MR) is 73.2 cm³/mol. The van der Waals surface area contributed by atoms with Crippen molar-refractivity contribution in [1.82, 2.24) is 20.2 Å². The summed E-state index contributed by atoms with van der Waals surface area (Å²) < 4.78 is 0. The van der Waals surface area contributed by atoms with Crippen molar-refractivity contribution in [3.05, 3.63) is 36.3 Å². The molecule has 0 N–H and O–H groups in total. The second-order valence-electron chi connectivity index (χ2n) is 4.56. The van der Waals surface area contributed by atoms with Crippen molar-refractivity contribution in [2.24, 2.45) is 0 Å². The Labute approximate surface area is 112 Å². The van der Waals surface area contributed by atoms with Gasteiger partial charge < -0.3 is 9.80 Å². The van der Waals surface area contributed by atoms with E-state index >= 15 is 0 Å². The fraction of sp³-hybridized carbons (Fsp3) is 0.385. The van der Waals surface area contributed by atoms with E-state index in [1.165, 1.54) is 0 Å². The molecular formula is C13H16N6. The van der Waals surface area contributed by atoms with Gasteiger partial charge >= 0.3 is 0 Å². The number of rotatable bonds is 2. The Kier molecular flexibility index (Phi) is 3.22. The molecule has 0 unspecified atom stereocenters. The molecule has 0 atom stereocenters. The van der Waals surface area contributed by atoms with Crippen molar-refractivity contribution < 1.29 is 0 Å². The van der Waals surface area contributed by atoms with E-state index in [2.05, 4.69) is 30.0 Å². The lowest BCUT2D eigenvalue weighted by molar-refractivity contribution is 0.630. The number of anilines is 2. The molecule has 1 aliphatic rings. The first-order valence-corrected chi connectivity index (χ1v) is 6.40. The maximum Gasteiger partial charge on any atom is 0.225 e. The highest BCUT2D eigenvalue weighted by atomic mass is 15.3. The van der Waals surface area contributed by atoms with Gasteiger partial charge in [-0.2, -0.15) is 5.10 Å². The van der Waals surface area contributed by atoms with Crippen LogP contribution in [0.3, 0.4) is 0 Å². The van der Waals surface area contributed by atoms with Crippen molar-refractivity contribution in [3.8, 4) is 0 Å². The van der Waals surface area contributed by atoms with Gasteiger partial charge in [0.15, 0.2) is 5.82 Å². The average Bonchev–Trinajstić information content (AvgIpc) is 2.49. The summed E-state index contributed by atoms with van der Waals surface area (Å²) in [6, 6.07) is 5.85. The van der Waals surface area contributed by atoms with Gasteiger partial charge in [0.05, 0.1) is 5.69 Å². The van der Waals surface area contributed by atoms with Crippen LogP contribution in [0.15, 0.2) is 30.6 Å². The third-order valence-corrected chi connectivity index (χ3v) is 3.22. The van der Waals surface area contributed by atoms with Gasteiger partial charge in [0.25, 0.3) is 0 Å². The smallest absolute Gasteiger partial charge is 0.225 e. The number of piperazine rings is 1. The average molecular weight is 256 g/mol. The summed E-state index contributed by atoms with van der Waals surface area (Å²) in [7, 11) is 0. The second kappa shape index (κ2) is 5.17. The molecule has 0 saturated carbocycles. The molecule has 0 aliphatic carbocycles. The van der Waals surface area contributed by atoms with Crippen LogP contribution >= 0.6 is 0 Å². The summed E-state index contributed by atoms with van der Waals surface area (Å²) in [6.07, 6.45) is 3.56. The minimum absolute atomic E-state index is 0.803. The molecule has 0 amide bonds. The number of hydrogen-bond acceptors (Lipinski definition) is 6. The molecule has 1 fully saturated rings. The number of nitrogens with zero attached hydrogens (tertiary/aromatic N) is 6. The van der Waals surface area contributed by atoms with Crippen molar-refractivity contribution in [3.63, 3.8) is 0 Å². The van der Waals surface area contributed by atoms with Crippen LogP contribution in [0.1, 0.15) is 5.69 Å². The zero-order valence-electron chi connectivity index (χ0n) is 10.9. The van der Waals surface area contributed by atoms with Gasteiger partial charge in [0.1, 0.15) is 0 Å². The first kappa shape index (κ1) is 11.8. The van der Waals surface area contributed by atoms with Crippen molar-refractivity contribution >= 4 is 11.8 Å². The quantitative estimate of drug-likeness (QED) is 0.795. The highest BCUT2D eigenvalue weighted by Gasteiger charge is 2.19. The van der Waals surface area contributed by atoms with Crippen LogP contribution in [0.25, 0.3) is 0 Å².